The van der Waals surface area contributed by atoms with Crippen LogP contribution in [0, 0.1) is 12.7 Å². The number of nitrogens with zero attached hydrogens (tertiary/aromatic N) is 2. The lowest BCUT2D eigenvalue weighted by Gasteiger charge is -2.21. The molecule has 0 spiro atoms. The minimum absolute atomic E-state index is 0.0847. The van der Waals surface area contributed by atoms with Gasteiger partial charge in [0.1, 0.15) is 5.82 Å². The summed E-state index contributed by atoms with van der Waals surface area (Å²) in [7, 11) is 0. The lowest BCUT2D eigenvalue weighted by atomic mass is 10.1. The van der Waals surface area contributed by atoms with Crippen LogP contribution in [0.2, 0.25) is 0 Å². The van der Waals surface area contributed by atoms with Gasteiger partial charge < -0.3 is 15.5 Å². The molecular weight excluding hydrogens is 257 g/mol. The lowest BCUT2D eigenvalue weighted by molar-refractivity contribution is 0.0761. The first-order valence-corrected chi connectivity index (χ1v) is 7.09. The van der Waals surface area contributed by atoms with Gasteiger partial charge in [-0.2, -0.15) is 0 Å². The third kappa shape index (κ3) is 3.55. The molecule has 1 aromatic rings. The molecule has 110 valence electrons. The fourth-order valence-corrected chi connectivity index (χ4v) is 2.49. The molecule has 0 saturated carbocycles. The van der Waals surface area contributed by atoms with E-state index < -0.39 is 0 Å². The average molecular weight is 279 g/mol. The molecule has 2 N–H and O–H groups in total. The van der Waals surface area contributed by atoms with Gasteiger partial charge in [-0.15, -0.1) is 0 Å². The Hall–Kier alpha value is -1.46. The highest BCUT2D eigenvalue weighted by Crippen LogP contribution is 2.13. The molecule has 20 heavy (non-hydrogen) atoms. The van der Waals surface area contributed by atoms with Gasteiger partial charge in [-0.1, -0.05) is 6.07 Å². The second kappa shape index (κ2) is 6.81. The first kappa shape index (κ1) is 14.9. The van der Waals surface area contributed by atoms with Crippen LogP contribution in [0.15, 0.2) is 18.2 Å². The maximum absolute atomic E-state index is 13.6. The molecule has 1 aliphatic rings. The van der Waals surface area contributed by atoms with E-state index in [1.54, 1.807) is 24.0 Å². The second-order valence-corrected chi connectivity index (χ2v) is 5.24. The van der Waals surface area contributed by atoms with Crippen LogP contribution in [-0.4, -0.2) is 55.0 Å². The molecule has 0 aromatic heterocycles. The molecule has 1 amide bonds. The van der Waals surface area contributed by atoms with E-state index in [-0.39, 0.29) is 11.7 Å². The molecule has 1 saturated heterocycles. The first-order valence-electron chi connectivity index (χ1n) is 7.09. The van der Waals surface area contributed by atoms with Gasteiger partial charge in [0, 0.05) is 38.3 Å². The number of amides is 1. The number of hydrogen-bond acceptors (Lipinski definition) is 3. The second-order valence-electron chi connectivity index (χ2n) is 5.24. The van der Waals surface area contributed by atoms with Crippen LogP contribution in [0.4, 0.5) is 4.39 Å². The largest absolute Gasteiger partial charge is 0.337 e. The third-order valence-electron chi connectivity index (χ3n) is 3.74. The molecule has 1 aliphatic heterocycles. The molecular formula is C15H22FN3O. The van der Waals surface area contributed by atoms with E-state index in [1.165, 1.54) is 6.07 Å². The highest BCUT2D eigenvalue weighted by Gasteiger charge is 2.20. The zero-order chi connectivity index (χ0) is 14.5. The minimum Gasteiger partial charge on any atom is -0.337 e. The molecule has 0 aliphatic carbocycles. The number of benzene rings is 1. The Morgan fingerprint density at radius 2 is 2.10 bits per heavy atom. The van der Waals surface area contributed by atoms with E-state index in [0.717, 1.165) is 32.6 Å². The van der Waals surface area contributed by atoms with Crippen molar-refractivity contribution in [1.82, 2.24) is 9.80 Å². The van der Waals surface area contributed by atoms with Gasteiger partial charge in [-0.3, -0.25) is 4.79 Å². The first-order chi connectivity index (χ1) is 9.61. The summed E-state index contributed by atoms with van der Waals surface area (Å²) in [5.74, 6) is -0.408. The average Bonchev–Trinajstić information content (AvgIpc) is 2.67. The van der Waals surface area contributed by atoms with E-state index in [1.807, 2.05) is 0 Å². The number of carbonyl (C=O) groups excluding carboxylic acids is 1. The van der Waals surface area contributed by atoms with Crippen molar-refractivity contribution in [1.29, 1.82) is 0 Å². The van der Waals surface area contributed by atoms with Crippen molar-refractivity contribution in [3.05, 3.63) is 35.1 Å². The van der Waals surface area contributed by atoms with Crippen molar-refractivity contribution in [2.24, 2.45) is 5.73 Å². The smallest absolute Gasteiger partial charge is 0.254 e. The summed E-state index contributed by atoms with van der Waals surface area (Å²) in [6, 6.07) is 4.69. The van der Waals surface area contributed by atoms with Crippen LogP contribution in [0.25, 0.3) is 0 Å². The summed E-state index contributed by atoms with van der Waals surface area (Å²) in [4.78, 5) is 16.5. The maximum atomic E-state index is 13.6. The lowest BCUT2D eigenvalue weighted by Crippen LogP contribution is -2.36. The highest BCUT2D eigenvalue weighted by atomic mass is 19.1. The Labute approximate surface area is 119 Å². The Morgan fingerprint density at radius 1 is 1.30 bits per heavy atom. The van der Waals surface area contributed by atoms with Gasteiger partial charge >= 0.3 is 0 Å². The quantitative estimate of drug-likeness (QED) is 0.905. The van der Waals surface area contributed by atoms with E-state index in [0.29, 0.717) is 24.2 Å². The molecule has 0 unspecified atom stereocenters. The van der Waals surface area contributed by atoms with Crippen LogP contribution < -0.4 is 5.73 Å². The maximum Gasteiger partial charge on any atom is 0.254 e. The summed E-state index contributed by atoms with van der Waals surface area (Å²) in [6.07, 6.45) is 0.931. The molecule has 2 rings (SSSR count). The summed E-state index contributed by atoms with van der Waals surface area (Å²) >= 11 is 0. The van der Waals surface area contributed by atoms with Crippen molar-refractivity contribution in [2.75, 3.05) is 39.3 Å². The standard InChI is InChI=1S/C15H22FN3O/c1-12-3-4-13(11-14(12)16)15(20)19-7-2-6-18(8-5-17)9-10-19/h3-4,11H,2,5-10,17H2,1H3. The minimum atomic E-state index is -0.324. The van der Waals surface area contributed by atoms with Crippen molar-refractivity contribution in [3.63, 3.8) is 0 Å². The monoisotopic (exact) mass is 279 g/mol. The predicted octanol–water partition coefficient (Wildman–Crippen LogP) is 1.24. The number of halogens is 1. The van der Waals surface area contributed by atoms with Crippen molar-refractivity contribution < 1.29 is 9.18 Å². The Balaban J connectivity index is 2.03. The summed E-state index contributed by atoms with van der Waals surface area (Å²) in [5, 5.41) is 0. The number of rotatable bonds is 3. The van der Waals surface area contributed by atoms with Gasteiger partial charge in [0.15, 0.2) is 0 Å². The number of nitrogens with two attached hydrogens (primary N) is 1. The fourth-order valence-electron chi connectivity index (χ4n) is 2.49. The van der Waals surface area contributed by atoms with Gasteiger partial charge in [0.05, 0.1) is 0 Å². The molecule has 0 radical (unpaired) electrons. The van der Waals surface area contributed by atoms with E-state index in [2.05, 4.69) is 4.90 Å². The van der Waals surface area contributed by atoms with Crippen LogP contribution in [0.5, 0.6) is 0 Å². The normalized spacial score (nSPS) is 17.1. The molecule has 1 fully saturated rings. The SMILES string of the molecule is Cc1ccc(C(=O)N2CCCN(CCN)CC2)cc1F. The van der Waals surface area contributed by atoms with Crippen LogP contribution in [-0.2, 0) is 0 Å². The van der Waals surface area contributed by atoms with E-state index >= 15 is 0 Å². The summed E-state index contributed by atoms with van der Waals surface area (Å²) in [6.45, 7) is 6.38. The van der Waals surface area contributed by atoms with Crippen molar-refractivity contribution in [3.8, 4) is 0 Å². The van der Waals surface area contributed by atoms with Crippen LogP contribution in [0.3, 0.4) is 0 Å². The molecule has 1 heterocycles. The zero-order valence-corrected chi connectivity index (χ0v) is 11.9. The van der Waals surface area contributed by atoms with Crippen LogP contribution >= 0.6 is 0 Å². The Morgan fingerprint density at radius 3 is 2.80 bits per heavy atom. The molecule has 0 bridgehead atoms. The Bertz CT molecular complexity index is 478. The van der Waals surface area contributed by atoms with Gasteiger partial charge in [-0.25, -0.2) is 4.39 Å². The zero-order valence-electron chi connectivity index (χ0n) is 11.9. The van der Waals surface area contributed by atoms with Gasteiger partial charge in [0.2, 0.25) is 0 Å². The number of aryl methyl sites for hydroxylation is 1. The Kier molecular flexibility index (Phi) is 5.09. The predicted molar refractivity (Wildman–Crippen MR) is 77.2 cm³/mol. The molecule has 0 atom stereocenters. The highest BCUT2D eigenvalue weighted by molar-refractivity contribution is 5.94. The van der Waals surface area contributed by atoms with Crippen molar-refractivity contribution in [2.45, 2.75) is 13.3 Å². The summed E-state index contributed by atoms with van der Waals surface area (Å²) in [5.41, 5.74) is 6.56. The summed E-state index contributed by atoms with van der Waals surface area (Å²) < 4.78 is 13.6. The van der Waals surface area contributed by atoms with E-state index in [9.17, 15) is 9.18 Å². The number of hydrogen-bond donors (Lipinski definition) is 1. The molecule has 5 heteroatoms. The fraction of sp³-hybridized carbons (Fsp3) is 0.533. The van der Waals surface area contributed by atoms with Crippen molar-refractivity contribution >= 4 is 5.91 Å². The molecule has 1 aromatic carbocycles. The van der Waals surface area contributed by atoms with Crippen LogP contribution in [0.1, 0.15) is 22.3 Å². The molecule has 4 nitrogen and oxygen atoms in total. The topological polar surface area (TPSA) is 49.6 Å². The van der Waals surface area contributed by atoms with Gasteiger partial charge in [-0.05, 0) is 37.6 Å². The van der Waals surface area contributed by atoms with Gasteiger partial charge in [0.25, 0.3) is 5.91 Å². The van der Waals surface area contributed by atoms with E-state index in [4.69, 9.17) is 5.73 Å². The number of carbonyl (C=O) groups is 1. The third-order valence-corrected chi connectivity index (χ3v) is 3.74.